The van der Waals surface area contributed by atoms with Gasteiger partial charge < -0.3 is 0 Å². The number of benzene rings is 5. The van der Waals surface area contributed by atoms with Crippen LogP contribution < -0.4 is 10.6 Å². The fourth-order valence-corrected chi connectivity index (χ4v) is 10.9. The first kappa shape index (κ1) is 46.0. The Morgan fingerprint density at radius 1 is 0.310 bits per heavy atom. The van der Waals surface area contributed by atoms with Gasteiger partial charge in [0.1, 0.15) is 0 Å². The molecule has 0 aliphatic heterocycles. The number of hydrogen-bond acceptors (Lipinski definition) is 3. The molecular formula is C54H77O3P. The van der Waals surface area contributed by atoms with Gasteiger partial charge in [0.2, 0.25) is 0 Å². The van der Waals surface area contributed by atoms with Crippen LogP contribution in [-0.2, 0) is 37.9 Å². The molecule has 0 aromatic heterocycles. The van der Waals surface area contributed by atoms with E-state index >= 15 is 0 Å². The average Bonchev–Trinajstić information content (AvgIpc) is 3.02. The van der Waals surface area contributed by atoms with Gasteiger partial charge in [-0.2, -0.15) is 0 Å². The van der Waals surface area contributed by atoms with E-state index in [1.807, 2.05) is 18.2 Å². The SMILES string of the molecule is CC(C)(C)c1ccc(P(O)(O)(O)c2cc3c(C(C)(C)C)cc(C(C)(C)C)cc3cc2C(C)(C)C)c(-c2cc3c(C(C)(C)C)cc(C(C)(C)C)cc3cc2C(C)(C)C)c1. The summed E-state index contributed by atoms with van der Waals surface area (Å²) in [6.07, 6.45) is 0. The van der Waals surface area contributed by atoms with Crippen molar-refractivity contribution in [3.8, 4) is 11.1 Å². The van der Waals surface area contributed by atoms with Crippen LogP contribution in [0.15, 0.2) is 66.7 Å². The Labute approximate surface area is 352 Å². The van der Waals surface area contributed by atoms with Crippen LogP contribution in [0.2, 0.25) is 0 Å². The zero-order valence-corrected chi connectivity index (χ0v) is 41.0. The number of rotatable bonds is 3. The first-order valence-electron chi connectivity index (χ1n) is 21.4. The van der Waals surface area contributed by atoms with Crippen LogP contribution in [0.1, 0.15) is 184 Å². The second-order valence-corrected chi connectivity index (χ2v) is 27.6. The molecule has 5 aromatic carbocycles. The molecule has 5 rings (SSSR count). The van der Waals surface area contributed by atoms with Crippen molar-refractivity contribution in [3.63, 3.8) is 0 Å². The maximum atomic E-state index is 13.3. The van der Waals surface area contributed by atoms with Crippen LogP contribution in [-0.4, -0.2) is 14.7 Å². The summed E-state index contributed by atoms with van der Waals surface area (Å²) in [7, 11) is -5.93. The summed E-state index contributed by atoms with van der Waals surface area (Å²) in [5, 5.41) is 4.63. The molecule has 58 heavy (non-hydrogen) atoms. The molecule has 0 saturated carbocycles. The first-order valence-corrected chi connectivity index (χ1v) is 23.5. The molecule has 0 aliphatic carbocycles. The van der Waals surface area contributed by atoms with Gasteiger partial charge in [-0.25, -0.2) is 0 Å². The van der Waals surface area contributed by atoms with E-state index < -0.39 is 12.7 Å². The van der Waals surface area contributed by atoms with Crippen LogP contribution in [0.25, 0.3) is 32.7 Å². The van der Waals surface area contributed by atoms with Gasteiger partial charge in [0.05, 0.1) is 0 Å². The third kappa shape index (κ3) is 8.72. The van der Waals surface area contributed by atoms with Crippen molar-refractivity contribution in [2.24, 2.45) is 0 Å². The topological polar surface area (TPSA) is 60.7 Å². The zero-order valence-electron chi connectivity index (χ0n) is 40.1. The van der Waals surface area contributed by atoms with E-state index in [0.29, 0.717) is 5.56 Å². The predicted molar refractivity (Wildman–Crippen MR) is 257 cm³/mol. The summed E-state index contributed by atoms with van der Waals surface area (Å²) in [6, 6.07) is 23.7. The molecule has 0 aliphatic rings. The molecule has 3 nitrogen and oxygen atoms in total. The Hall–Kier alpha value is -3.07. The van der Waals surface area contributed by atoms with E-state index in [1.54, 1.807) is 0 Å². The molecule has 0 heterocycles. The summed E-state index contributed by atoms with van der Waals surface area (Å²) in [5.41, 5.74) is 7.66. The molecule has 316 valence electrons. The normalized spacial score (nSPS) is 14.9. The molecule has 0 saturated heterocycles. The van der Waals surface area contributed by atoms with Crippen molar-refractivity contribution < 1.29 is 14.7 Å². The van der Waals surface area contributed by atoms with Crippen LogP contribution in [0, 0.1) is 0 Å². The summed E-state index contributed by atoms with van der Waals surface area (Å²) in [4.78, 5) is 39.9. The molecule has 0 spiro atoms. The van der Waals surface area contributed by atoms with Crippen LogP contribution in [0.4, 0.5) is 0 Å². The molecule has 0 unspecified atom stereocenters. The molecule has 5 aromatic rings. The van der Waals surface area contributed by atoms with Gasteiger partial charge in [-0.3, -0.25) is 0 Å². The second-order valence-electron chi connectivity index (χ2n) is 24.7. The Balaban J connectivity index is 2.03. The monoisotopic (exact) mass is 805 g/mol. The van der Waals surface area contributed by atoms with Crippen molar-refractivity contribution >= 4 is 39.4 Å². The van der Waals surface area contributed by atoms with Gasteiger partial charge in [0.15, 0.2) is 0 Å². The second kappa shape index (κ2) is 13.7. The molecule has 3 N–H and O–H groups in total. The maximum absolute atomic E-state index is 13.3. The van der Waals surface area contributed by atoms with Crippen molar-refractivity contribution in [2.75, 3.05) is 0 Å². The van der Waals surface area contributed by atoms with Gasteiger partial charge >= 0.3 is 354 Å². The predicted octanol–water partition coefficient (Wildman–Crippen LogP) is 14.0. The average molecular weight is 805 g/mol. The van der Waals surface area contributed by atoms with E-state index in [0.717, 1.165) is 44.0 Å². The fraction of sp³-hybridized carbons (Fsp3) is 0.519. The van der Waals surface area contributed by atoms with Crippen molar-refractivity contribution in [1.29, 1.82) is 0 Å². The third-order valence-corrected chi connectivity index (χ3v) is 14.7. The summed E-state index contributed by atoms with van der Waals surface area (Å²) < 4.78 is 0. The molecule has 0 fully saturated rings. The van der Waals surface area contributed by atoms with Crippen molar-refractivity contribution in [1.82, 2.24) is 0 Å². The van der Waals surface area contributed by atoms with E-state index in [9.17, 15) is 14.7 Å². The van der Waals surface area contributed by atoms with Gasteiger partial charge in [0.25, 0.3) is 0 Å². The minimum atomic E-state index is -5.93. The van der Waals surface area contributed by atoms with Crippen molar-refractivity contribution in [3.05, 3.63) is 106 Å². The molecule has 0 amide bonds. The van der Waals surface area contributed by atoms with Crippen LogP contribution >= 0.6 is 7.28 Å². The van der Waals surface area contributed by atoms with E-state index in [4.69, 9.17) is 0 Å². The molecule has 0 radical (unpaired) electrons. The summed E-state index contributed by atoms with van der Waals surface area (Å²) in [5.74, 6) is 0. The fourth-order valence-electron chi connectivity index (χ4n) is 8.41. The molecule has 0 bridgehead atoms. The van der Waals surface area contributed by atoms with Crippen LogP contribution in [0.3, 0.4) is 0 Å². The third-order valence-electron chi connectivity index (χ3n) is 12.2. The Kier molecular flexibility index (Phi) is 10.9. The number of hydrogen-bond donors (Lipinski definition) is 3. The quantitative estimate of drug-likeness (QED) is 0.159. The standard InChI is InChI=1S/C54H77O3P/c1-48(2,3)35-22-23-46(41(28-35)40-31-38-33(26-42(40)51(10,11)12)24-36(49(4,5)6)29-43(38)52(13,14)15)58(55,56,57)47-32-39-34(27-45(47)54(19,20)21)25-37(50(7,8)9)30-44(39)53(16,17)18/h22-32,55-57H,1-21H3. The minimum absolute atomic E-state index is 0.0450. The molecular weight excluding hydrogens is 728 g/mol. The summed E-state index contributed by atoms with van der Waals surface area (Å²) >= 11 is 0. The molecule has 4 heteroatoms. The van der Waals surface area contributed by atoms with Gasteiger partial charge in [0, 0.05) is 0 Å². The first-order chi connectivity index (χ1) is 25.7. The van der Waals surface area contributed by atoms with E-state index in [2.05, 4.69) is 194 Å². The Morgan fingerprint density at radius 2 is 0.690 bits per heavy atom. The van der Waals surface area contributed by atoms with Gasteiger partial charge in [-0.1, -0.05) is 0 Å². The van der Waals surface area contributed by atoms with Crippen molar-refractivity contribution in [2.45, 2.75) is 183 Å². The summed E-state index contributed by atoms with van der Waals surface area (Å²) in [6.45, 7) is 46.4. The van der Waals surface area contributed by atoms with E-state index in [-0.39, 0.29) is 43.1 Å². The zero-order chi connectivity index (χ0) is 44.4. The Bertz CT molecular complexity index is 2400. The van der Waals surface area contributed by atoms with Crippen LogP contribution in [0.5, 0.6) is 0 Å². The van der Waals surface area contributed by atoms with Gasteiger partial charge in [-0.05, 0) is 0 Å². The Morgan fingerprint density at radius 3 is 1.07 bits per heavy atom. The number of fused-ring (bicyclic) bond motifs is 2. The molecule has 0 atom stereocenters. The van der Waals surface area contributed by atoms with E-state index in [1.165, 1.54) is 22.1 Å². The van der Waals surface area contributed by atoms with Gasteiger partial charge in [-0.15, -0.1) is 0 Å².